The Morgan fingerprint density at radius 1 is 0.926 bits per heavy atom. The monoisotopic (exact) mass is 371 g/mol. The molecule has 3 heterocycles. The lowest BCUT2D eigenvalue weighted by Gasteiger charge is -2.35. The van der Waals surface area contributed by atoms with Crippen LogP contribution >= 0.6 is 0 Å². The molecular weight excluding hydrogens is 346 g/mol. The van der Waals surface area contributed by atoms with Crippen molar-refractivity contribution in [3.05, 3.63) is 29.8 Å². The maximum atomic E-state index is 13.1. The van der Waals surface area contributed by atoms with Crippen LogP contribution in [0.3, 0.4) is 0 Å². The van der Waals surface area contributed by atoms with Crippen molar-refractivity contribution >= 4 is 23.6 Å². The molecule has 2 fully saturated rings. The Kier molecular flexibility index (Phi) is 4.76. The molecule has 144 valence electrons. The lowest BCUT2D eigenvalue weighted by Crippen LogP contribution is -2.48. The molecule has 7 nitrogen and oxygen atoms in total. The van der Waals surface area contributed by atoms with Crippen molar-refractivity contribution in [1.82, 2.24) is 9.80 Å². The van der Waals surface area contributed by atoms with Crippen LogP contribution in [0, 0.1) is 5.92 Å². The van der Waals surface area contributed by atoms with Crippen LogP contribution in [0.15, 0.2) is 24.3 Å². The standard InChI is InChI=1S/C20H25N3O4/c24-18(23-13-16(19(25)26)15-5-1-2-6-17(15)23)14-7-11-22(12-8-14)20(27)21-9-3-4-10-21/h1-2,5-6,14,16H,3-4,7-13H2,(H,25,26). The Morgan fingerprint density at radius 2 is 1.56 bits per heavy atom. The Labute approximate surface area is 158 Å². The van der Waals surface area contributed by atoms with Crippen LogP contribution in [0.4, 0.5) is 10.5 Å². The highest BCUT2D eigenvalue weighted by Gasteiger charge is 2.39. The van der Waals surface area contributed by atoms with Crippen LogP contribution < -0.4 is 4.90 Å². The molecule has 3 aliphatic heterocycles. The number of piperidine rings is 1. The number of rotatable bonds is 2. The lowest BCUT2D eigenvalue weighted by atomic mass is 9.95. The summed E-state index contributed by atoms with van der Waals surface area (Å²) in [7, 11) is 0. The molecule has 3 amide bonds. The first-order valence-corrected chi connectivity index (χ1v) is 9.73. The summed E-state index contributed by atoms with van der Waals surface area (Å²) in [5.74, 6) is -1.74. The van der Waals surface area contributed by atoms with Crippen molar-refractivity contribution in [3.63, 3.8) is 0 Å². The molecule has 1 aromatic carbocycles. The van der Waals surface area contributed by atoms with Crippen LogP contribution in [0.2, 0.25) is 0 Å². The minimum absolute atomic E-state index is 0.0144. The third-order valence-electron chi connectivity index (χ3n) is 6.02. The second kappa shape index (κ2) is 7.21. The molecule has 3 aliphatic rings. The Morgan fingerprint density at radius 3 is 2.22 bits per heavy atom. The highest BCUT2D eigenvalue weighted by atomic mass is 16.4. The van der Waals surface area contributed by atoms with Crippen LogP contribution in [0.25, 0.3) is 0 Å². The fraction of sp³-hybridized carbons (Fsp3) is 0.550. The number of likely N-dealkylation sites (tertiary alicyclic amines) is 2. The SMILES string of the molecule is O=C(O)C1CN(C(=O)C2CCN(C(=O)N3CCCC3)CC2)c2ccccc21. The predicted octanol–water partition coefficient (Wildman–Crippen LogP) is 2.13. The van der Waals surface area contributed by atoms with Gasteiger partial charge in [-0.1, -0.05) is 18.2 Å². The number of carbonyl (C=O) groups excluding carboxylic acids is 2. The molecule has 0 aromatic heterocycles. The van der Waals surface area contributed by atoms with Crippen LogP contribution in [-0.4, -0.2) is 65.5 Å². The predicted molar refractivity (Wildman–Crippen MR) is 99.7 cm³/mol. The van der Waals surface area contributed by atoms with Gasteiger partial charge >= 0.3 is 12.0 Å². The molecule has 0 aliphatic carbocycles. The number of carbonyl (C=O) groups is 3. The number of hydrogen-bond acceptors (Lipinski definition) is 3. The molecule has 1 atom stereocenters. The number of aliphatic carboxylic acids is 1. The van der Waals surface area contributed by atoms with E-state index in [4.69, 9.17) is 0 Å². The van der Waals surface area contributed by atoms with E-state index in [0.29, 0.717) is 37.2 Å². The van der Waals surface area contributed by atoms with Crippen LogP contribution in [0.1, 0.15) is 37.2 Å². The third-order valence-corrected chi connectivity index (χ3v) is 6.02. The molecule has 0 spiro atoms. The number of carboxylic acids is 1. The molecule has 1 N–H and O–H groups in total. The molecule has 1 unspecified atom stereocenters. The Bertz CT molecular complexity index is 751. The number of benzene rings is 1. The summed E-state index contributed by atoms with van der Waals surface area (Å²) in [5, 5.41) is 9.48. The summed E-state index contributed by atoms with van der Waals surface area (Å²) < 4.78 is 0. The third kappa shape index (κ3) is 3.26. The number of para-hydroxylation sites is 1. The number of hydrogen-bond donors (Lipinski definition) is 1. The zero-order chi connectivity index (χ0) is 19.0. The van der Waals surface area contributed by atoms with Gasteiger partial charge in [-0.2, -0.15) is 0 Å². The molecule has 4 rings (SSSR count). The van der Waals surface area contributed by atoms with E-state index in [1.54, 1.807) is 11.0 Å². The minimum atomic E-state index is -0.899. The summed E-state index contributed by atoms with van der Waals surface area (Å²) in [6, 6.07) is 7.35. The quantitative estimate of drug-likeness (QED) is 0.864. The van der Waals surface area contributed by atoms with Gasteiger partial charge in [-0.3, -0.25) is 9.59 Å². The molecule has 2 saturated heterocycles. The van der Waals surface area contributed by atoms with E-state index < -0.39 is 11.9 Å². The molecule has 7 heteroatoms. The number of carboxylic acid groups (broad SMARTS) is 1. The summed E-state index contributed by atoms with van der Waals surface area (Å²) in [4.78, 5) is 42.5. The number of fused-ring (bicyclic) bond motifs is 1. The van der Waals surface area contributed by atoms with E-state index >= 15 is 0 Å². The van der Waals surface area contributed by atoms with Crippen molar-refractivity contribution in [2.24, 2.45) is 5.92 Å². The molecule has 1 aromatic rings. The van der Waals surface area contributed by atoms with Gasteiger partial charge in [0.15, 0.2) is 0 Å². The maximum absolute atomic E-state index is 13.1. The van der Waals surface area contributed by atoms with E-state index in [2.05, 4.69) is 0 Å². The van der Waals surface area contributed by atoms with Gasteiger partial charge in [0.25, 0.3) is 0 Å². The van der Waals surface area contributed by atoms with E-state index in [1.807, 2.05) is 28.0 Å². The van der Waals surface area contributed by atoms with Gasteiger partial charge in [-0.25, -0.2) is 4.79 Å². The zero-order valence-electron chi connectivity index (χ0n) is 15.3. The highest BCUT2D eigenvalue weighted by Crippen LogP contribution is 2.38. The summed E-state index contributed by atoms with van der Waals surface area (Å²) in [6.45, 7) is 3.03. The van der Waals surface area contributed by atoms with Gasteiger partial charge < -0.3 is 19.8 Å². The van der Waals surface area contributed by atoms with Crippen LogP contribution in [0.5, 0.6) is 0 Å². The van der Waals surface area contributed by atoms with Crippen molar-refractivity contribution in [2.45, 2.75) is 31.6 Å². The summed E-state index contributed by atoms with van der Waals surface area (Å²) >= 11 is 0. The second-order valence-electron chi connectivity index (χ2n) is 7.64. The number of nitrogens with zero attached hydrogens (tertiary/aromatic N) is 3. The van der Waals surface area contributed by atoms with Gasteiger partial charge in [0, 0.05) is 44.3 Å². The first kappa shape index (κ1) is 17.8. The molecule has 0 bridgehead atoms. The number of anilines is 1. The highest BCUT2D eigenvalue weighted by molar-refractivity contribution is 6.00. The van der Waals surface area contributed by atoms with E-state index in [-0.39, 0.29) is 24.4 Å². The average molecular weight is 371 g/mol. The van der Waals surface area contributed by atoms with E-state index in [0.717, 1.165) is 25.9 Å². The largest absolute Gasteiger partial charge is 0.481 e. The van der Waals surface area contributed by atoms with E-state index in [9.17, 15) is 19.5 Å². The van der Waals surface area contributed by atoms with Crippen molar-refractivity contribution in [3.8, 4) is 0 Å². The fourth-order valence-electron chi connectivity index (χ4n) is 4.47. The summed E-state index contributed by atoms with van der Waals surface area (Å²) in [6.07, 6.45) is 3.41. The molecule has 27 heavy (non-hydrogen) atoms. The van der Waals surface area contributed by atoms with Crippen molar-refractivity contribution in [2.75, 3.05) is 37.6 Å². The summed E-state index contributed by atoms with van der Waals surface area (Å²) in [5.41, 5.74) is 1.42. The lowest BCUT2D eigenvalue weighted by molar-refractivity contribution is -0.138. The topological polar surface area (TPSA) is 81.2 Å². The fourth-order valence-corrected chi connectivity index (χ4v) is 4.47. The molecule has 0 saturated carbocycles. The maximum Gasteiger partial charge on any atom is 0.319 e. The average Bonchev–Trinajstić information content (AvgIpc) is 3.35. The molecule has 0 radical (unpaired) electrons. The number of urea groups is 1. The smallest absolute Gasteiger partial charge is 0.319 e. The van der Waals surface area contributed by atoms with Gasteiger partial charge in [-0.05, 0) is 37.3 Å². The van der Waals surface area contributed by atoms with Crippen LogP contribution in [-0.2, 0) is 9.59 Å². The first-order chi connectivity index (χ1) is 13.1. The van der Waals surface area contributed by atoms with Crippen molar-refractivity contribution in [1.29, 1.82) is 0 Å². The Balaban J connectivity index is 1.41. The van der Waals surface area contributed by atoms with Gasteiger partial charge in [-0.15, -0.1) is 0 Å². The van der Waals surface area contributed by atoms with E-state index in [1.165, 1.54) is 0 Å². The second-order valence-corrected chi connectivity index (χ2v) is 7.64. The van der Waals surface area contributed by atoms with Gasteiger partial charge in [0.2, 0.25) is 5.91 Å². The first-order valence-electron chi connectivity index (χ1n) is 9.73. The van der Waals surface area contributed by atoms with Gasteiger partial charge in [0.05, 0.1) is 0 Å². The minimum Gasteiger partial charge on any atom is -0.481 e. The van der Waals surface area contributed by atoms with Gasteiger partial charge in [0.1, 0.15) is 5.92 Å². The Hall–Kier alpha value is -2.57. The number of amides is 3. The zero-order valence-corrected chi connectivity index (χ0v) is 15.3. The normalized spacial score (nSPS) is 22.8. The van der Waals surface area contributed by atoms with Crippen molar-refractivity contribution < 1.29 is 19.5 Å². The molecular formula is C20H25N3O4.